The summed E-state index contributed by atoms with van der Waals surface area (Å²) in [6.07, 6.45) is 0. The molecule has 0 unspecified atom stereocenters. The Morgan fingerprint density at radius 1 is 0.958 bits per heavy atom. The molecule has 0 fully saturated rings. The predicted molar refractivity (Wildman–Crippen MR) is 92.8 cm³/mol. The molecule has 0 saturated heterocycles. The monoisotopic (exact) mass is 347 g/mol. The van der Waals surface area contributed by atoms with Gasteiger partial charge in [-0.2, -0.15) is 4.72 Å². The molecule has 6 heteroatoms. The molecule has 0 aliphatic heterocycles. The van der Waals surface area contributed by atoms with Crippen LogP contribution in [0.15, 0.2) is 59.5 Å². The Hall–Kier alpha value is -2.18. The second-order valence-electron chi connectivity index (χ2n) is 5.76. The van der Waals surface area contributed by atoms with Gasteiger partial charge in [0, 0.05) is 0 Å². The number of carbonyl (C=O) groups is 1. The van der Waals surface area contributed by atoms with E-state index in [0.717, 1.165) is 11.1 Å². The molecule has 1 N–H and O–H groups in total. The second kappa shape index (κ2) is 7.59. The van der Waals surface area contributed by atoms with Crippen LogP contribution >= 0.6 is 0 Å². The lowest BCUT2D eigenvalue weighted by Gasteiger charge is -2.19. The average Bonchev–Trinajstić information content (AvgIpc) is 2.59. The maximum Gasteiger partial charge on any atom is 0.324 e. The predicted octanol–water partition coefficient (Wildman–Crippen LogP) is 2.83. The highest BCUT2D eigenvalue weighted by Crippen LogP contribution is 2.21. The van der Waals surface area contributed by atoms with Gasteiger partial charge in [0.05, 0.1) is 12.0 Å². The van der Waals surface area contributed by atoms with E-state index in [1.165, 1.54) is 19.2 Å². The van der Waals surface area contributed by atoms with Crippen molar-refractivity contribution in [2.24, 2.45) is 5.92 Å². The molecule has 0 aliphatic rings. The van der Waals surface area contributed by atoms with E-state index in [0.29, 0.717) is 0 Å². The standard InChI is InChI=1S/C18H21NO4S/c1-13(2)17(18(20)23-3)19-24(21,22)16-11-9-15(10-12-16)14-7-5-4-6-8-14/h4-13,17,19H,1-3H3/t17-/m0/s1. The van der Waals surface area contributed by atoms with E-state index in [1.54, 1.807) is 26.0 Å². The summed E-state index contributed by atoms with van der Waals surface area (Å²) in [7, 11) is -2.57. The maximum absolute atomic E-state index is 12.5. The van der Waals surface area contributed by atoms with Gasteiger partial charge in [0.2, 0.25) is 10.0 Å². The van der Waals surface area contributed by atoms with Crippen molar-refractivity contribution in [1.29, 1.82) is 0 Å². The van der Waals surface area contributed by atoms with Crippen molar-refractivity contribution in [2.45, 2.75) is 24.8 Å². The normalized spacial score (nSPS) is 12.8. The number of rotatable bonds is 6. The Morgan fingerprint density at radius 3 is 2.00 bits per heavy atom. The number of nitrogens with one attached hydrogen (secondary N) is 1. The molecule has 0 amide bonds. The summed E-state index contributed by atoms with van der Waals surface area (Å²) in [6, 6.07) is 15.3. The summed E-state index contributed by atoms with van der Waals surface area (Å²) in [5.41, 5.74) is 1.92. The van der Waals surface area contributed by atoms with Gasteiger partial charge in [-0.3, -0.25) is 4.79 Å². The number of sulfonamides is 1. The smallest absolute Gasteiger partial charge is 0.324 e. The second-order valence-corrected chi connectivity index (χ2v) is 7.47. The van der Waals surface area contributed by atoms with E-state index < -0.39 is 22.0 Å². The fourth-order valence-corrected chi connectivity index (χ4v) is 3.61. The molecule has 1 atom stereocenters. The molecule has 0 saturated carbocycles. The molecule has 2 rings (SSSR count). The van der Waals surface area contributed by atoms with Crippen LogP contribution in [0.25, 0.3) is 11.1 Å². The minimum atomic E-state index is -3.81. The van der Waals surface area contributed by atoms with E-state index in [4.69, 9.17) is 0 Å². The third-order valence-electron chi connectivity index (χ3n) is 3.68. The minimum absolute atomic E-state index is 0.108. The lowest BCUT2D eigenvalue weighted by Crippen LogP contribution is -2.44. The van der Waals surface area contributed by atoms with Gasteiger partial charge in [0.15, 0.2) is 0 Å². The van der Waals surface area contributed by atoms with Crippen molar-refractivity contribution in [2.75, 3.05) is 7.11 Å². The summed E-state index contributed by atoms with van der Waals surface area (Å²) in [5.74, 6) is -0.828. The maximum atomic E-state index is 12.5. The highest BCUT2D eigenvalue weighted by molar-refractivity contribution is 7.89. The molecule has 5 nitrogen and oxygen atoms in total. The van der Waals surface area contributed by atoms with Crippen molar-refractivity contribution >= 4 is 16.0 Å². The molecule has 24 heavy (non-hydrogen) atoms. The highest BCUT2D eigenvalue weighted by atomic mass is 32.2. The third-order valence-corrected chi connectivity index (χ3v) is 5.13. The molecule has 2 aromatic rings. The van der Waals surface area contributed by atoms with Crippen LogP contribution < -0.4 is 4.72 Å². The summed E-state index contributed by atoms with van der Waals surface area (Å²) in [5, 5.41) is 0. The lowest BCUT2D eigenvalue weighted by atomic mass is 10.1. The molecular formula is C18H21NO4S. The largest absolute Gasteiger partial charge is 0.468 e. The molecule has 0 heterocycles. The Balaban J connectivity index is 2.25. The summed E-state index contributed by atoms with van der Waals surface area (Å²) < 4.78 is 32.1. The Morgan fingerprint density at radius 2 is 1.50 bits per heavy atom. The number of methoxy groups -OCH3 is 1. The fourth-order valence-electron chi connectivity index (χ4n) is 2.28. The lowest BCUT2D eigenvalue weighted by molar-refractivity contribution is -0.143. The van der Waals surface area contributed by atoms with E-state index in [-0.39, 0.29) is 10.8 Å². The first-order valence-electron chi connectivity index (χ1n) is 7.61. The van der Waals surface area contributed by atoms with Gasteiger partial charge < -0.3 is 4.74 Å². The van der Waals surface area contributed by atoms with Crippen molar-refractivity contribution < 1.29 is 17.9 Å². The average molecular weight is 347 g/mol. The van der Waals surface area contributed by atoms with Crippen LogP contribution in [0.2, 0.25) is 0 Å². The fraction of sp³-hybridized carbons (Fsp3) is 0.278. The van der Waals surface area contributed by atoms with Crippen LogP contribution in [0.3, 0.4) is 0 Å². The summed E-state index contributed by atoms with van der Waals surface area (Å²) >= 11 is 0. The molecule has 0 aromatic heterocycles. The number of carbonyl (C=O) groups excluding carboxylic acids is 1. The first-order chi connectivity index (χ1) is 11.3. The van der Waals surface area contributed by atoms with E-state index in [1.807, 2.05) is 30.3 Å². The number of hydrogen-bond donors (Lipinski definition) is 1. The van der Waals surface area contributed by atoms with Gasteiger partial charge in [-0.25, -0.2) is 8.42 Å². The zero-order chi connectivity index (χ0) is 17.7. The van der Waals surface area contributed by atoms with Crippen LogP contribution in [0, 0.1) is 5.92 Å². The Bertz CT molecular complexity index is 784. The molecular weight excluding hydrogens is 326 g/mol. The molecule has 0 bridgehead atoms. The first kappa shape index (κ1) is 18.2. The first-order valence-corrected chi connectivity index (χ1v) is 9.09. The van der Waals surface area contributed by atoms with Crippen molar-refractivity contribution in [3.8, 4) is 11.1 Å². The molecule has 0 spiro atoms. The van der Waals surface area contributed by atoms with Gasteiger partial charge in [-0.05, 0) is 29.2 Å². The number of benzene rings is 2. The molecule has 128 valence electrons. The molecule has 2 aromatic carbocycles. The third kappa shape index (κ3) is 4.21. The summed E-state index contributed by atoms with van der Waals surface area (Å²) in [6.45, 7) is 3.51. The quantitative estimate of drug-likeness (QED) is 0.816. The number of ether oxygens (including phenoxy) is 1. The molecule has 0 aliphatic carbocycles. The van der Waals surface area contributed by atoms with Crippen LogP contribution in [0.5, 0.6) is 0 Å². The highest BCUT2D eigenvalue weighted by Gasteiger charge is 2.29. The van der Waals surface area contributed by atoms with Crippen molar-refractivity contribution in [3.63, 3.8) is 0 Å². The van der Waals surface area contributed by atoms with E-state index in [9.17, 15) is 13.2 Å². The van der Waals surface area contributed by atoms with Crippen LogP contribution in [0.4, 0.5) is 0 Å². The van der Waals surface area contributed by atoms with Crippen molar-refractivity contribution in [1.82, 2.24) is 4.72 Å². The van der Waals surface area contributed by atoms with Gasteiger partial charge >= 0.3 is 5.97 Å². The van der Waals surface area contributed by atoms with Crippen LogP contribution in [0.1, 0.15) is 13.8 Å². The Kier molecular flexibility index (Phi) is 5.75. The van der Waals surface area contributed by atoms with Gasteiger partial charge in [-0.1, -0.05) is 56.3 Å². The number of esters is 1. The zero-order valence-corrected chi connectivity index (χ0v) is 14.7. The van der Waals surface area contributed by atoms with Crippen LogP contribution in [-0.2, 0) is 19.6 Å². The van der Waals surface area contributed by atoms with E-state index >= 15 is 0 Å². The van der Waals surface area contributed by atoms with Crippen LogP contribution in [-0.4, -0.2) is 27.5 Å². The van der Waals surface area contributed by atoms with Crippen molar-refractivity contribution in [3.05, 3.63) is 54.6 Å². The summed E-state index contributed by atoms with van der Waals surface area (Å²) in [4.78, 5) is 11.9. The molecule has 0 radical (unpaired) electrons. The Labute approximate surface area is 142 Å². The topological polar surface area (TPSA) is 72.5 Å². The van der Waals surface area contributed by atoms with Gasteiger partial charge in [0.25, 0.3) is 0 Å². The SMILES string of the molecule is COC(=O)[C@@H](NS(=O)(=O)c1ccc(-c2ccccc2)cc1)C(C)C. The minimum Gasteiger partial charge on any atom is -0.468 e. The number of hydrogen-bond acceptors (Lipinski definition) is 4. The van der Waals surface area contributed by atoms with Gasteiger partial charge in [-0.15, -0.1) is 0 Å². The zero-order valence-electron chi connectivity index (χ0n) is 13.9. The van der Waals surface area contributed by atoms with Gasteiger partial charge in [0.1, 0.15) is 6.04 Å². The van der Waals surface area contributed by atoms with E-state index in [2.05, 4.69) is 9.46 Å².